The fourth-order valence-electron chi connectivity index (χ4n) is 3.25. The molecule has 1 aromatic carbocycles. The number of anilines is 2. The van der Waals surface area contributed by atoms with E-state index in [0.717, 1.165) is 15.0 Å². The van der Waals surface area contributed by atoms with Gasteiger partial charge in [-0.25, -0.2) is 4.79 Å². The van der Waals surface area contributed by atoms with Gasteiger partial charge < -0.3 is 19.8 Å². The van der Waals surface area contributed by atoms with Crippen molar-refractivity contribution < 1.29 is 18.7 Å². The number of carbonyl (C=O) groups excluding carboxylic acids is 2. The van der Waals surface area contributed by atoms with Gasteiger partial charge in [0.2, 0.25) is 5.91 Å². The predicted molar refractivity (Wildman–Crippen MR) is 121 cm³/mol. The number of nitrogen functional groups attached to an aromatic ring is 1. The van der Waals surface area contributed by atoms with Gasteiger partial charge in [-0.3, -0.25) is 28.8 Å². The summed E-state index contributed by atoms with van der Waals surface area (Å²) in [4.78, 5) is 55.4. The number of nitrogens with one attached hydrogen (secondary N) is 1. The second-order valence-electron chi connectivity index (χ2n) is 7.24. The highest BCUT2D eigenvalue weighted by Gasteiger charge is 2.27. The molecule has 0 radical (unpaired) electrons. The molecular formula is C22H25N5O6. The summed E-state index contributed by atoms with van der Waals surface area (Å²) in [7, 11) is 2.90. The van der Waals surface area contributed by atoms with E-state index in [4.69, 9.17) is 14.9 Å². The number of H-pyrrole nitrogens is 1. The maximum atomic E-state index is 13.3. The summed E-state index contributed by atoms with van der Waals surface area (Å²) in [6.45, 7) is -0.113. The lowest BCUT2D eigenvalue weighted by Gasteiger charge is -2.26. The Morgan fingerprint density at radius 2 is 1.88 bits per heavy atom. The van der Waals surface area contributed by atoms with Gasteiger partial charge in [0.15, 0.2) is 11.4 Å². The molecule has 0 fully saturated rings. The highest BCUT2D eigenvalue weighted by atomic mass is 16.5. The second kappa shape index (κ2) is 10.5. The highest BCUT2D eigenvalue weighted by molar-refractivity contribution is 6.00. The van der Waals surface area contributed by atoms with E-state index in [9.17, 15) is 19.2 Å². The van der Waals surface area contributed by atoms with Crippen LogP contribution >= 0.6 is 0 Å². The molecule has 0 aliphatic carbocycles. The molecule has 174 valence electrons. The van der Waals surface area contributed by atoms with Gasteiger partial charge in [-0.05, 0) is 17.7 Å². The molecule has 3 N–H and O–H groups in total. The molecule has 3 aromatic rings. The van der Waals surface area contributed by atoms with Crippen LogP contribution < -0.4 is 21.9 Å². The standard InChI is InChI=1S/C22H25N5O6/c1-25(21(30)16-9-6-11-33-16)14-17(28)27(13-15-7-4-3-5-8-15)18-19(23)26(10-12-32-2)22(31)24-20(18)29/h3-9,11H,10,12-14,23H2,1-2H3,(H,24,29,31). The van der Waals surface area contributed by atoms with Crippen LogP contribution in [0.25, 0.3) is 0 Å². The average Bonchev–Trinajstić information content (AvgIpc) is 3.33. The molecule has 0 saturated heterocycles. The predicted octanol–water partition coefficient (Wildman–Crippen LogP) is 0.664. The van der Waals surface area contributed by atoms with Crippen LogP contribution in [0.4, 0.5) is 11.5 Å². The van der Waals surface area contributed by atoms with Gasteiger partial charge in [-0.1, -0.05) is 30.3 Å². The van der Waals surface area contributed by atoms with Gasteiger partial charge in [0.1, 0.15) is 12.4 Å². The number of nitrogens with two attached hydrogens (primary N) is 1. The van der Waals surface area contributed by atoms with Crippen molar-refractivity contribution in [2.24, 2.45) is 0 Å². The maximum Gasteiger partial charge on any atom is 0.330 e. The zero-order valence-electron chi connectivity index (χ0n) is 18.3. The lowest BCUT2D eigenvalue weighted by Crippen LogP contribution is -2.45. The molecule has 0 spiro atoms. The number of likely N-dealkylation sites (N-methyl/N-ethyl adjacent to an activating group) is 1. The number of ether oxygens (including phenoxy) is 1. The molecule has 0 aliphatic heterocycles. The van der Waals surface area contributed by atoms with Gasteiger partial charge in [-0.15, -0.1) is 0 Å². The van der Waals surface area contributed by atoms with Crippen molar-refractivity contribution in [1.82, 2.24) is 14.5 Å². The number of amides is 2. The van der Waals surface area contributed by atoms with Gasteiger partial charge >= 0.3 is 5.69 Å². The van der Waals surface area contributed by atoms with Crippen molar-refractivity contribution >= 4 is 23.3 Å². The molecule has 0 bridgehead atoms. The van der Waals surface area contributed by atoms with Gasteiger partial charge in [0.25, 0.3) is 11.5 Å². The van der Waals surface area contributed by atoms with Crippen LogP contribution in [-0.2, 0) is 22.6 Å². The van der Waals surface area contributed by atoms with E-state index >= 15 is 0 Å². The Hall–Kier alpha value is -4.12. The van der Waals surface area contributed by atoms with Crippen molar-refractivity contribution in [3.05, 3.63) is 80.9 Å². The Bertz CT molecular complexity index is 1220. The summed E-state index contributed by atoms with van der Waals surface area (Å²) in [5.74, 6) is -1.18. The number of hydrogen-bond acceptors (Lipinski definition) is 7. The number of furan rings is 1. The summed E-state index contributed by atoms with van der Waals surface area (Å²) < 4.78 is 11.2. The maximum absolute atomic E-state index is 13.3. The summed E-state index contributed by atoms with van der Waals surface area (Å²) >= 11 is 0. The molecule has 0 unspecified atom stereocenters. The summed E-state index contributed by atoms with van der Waals surface area (Å²) in [6, 6.07) is 12.0. The van der Waals surface area contributed by atoms with Crippen LogP contribution in [0.1, 0.15) is 16.1 Å². The van der Waals surface area contributed by atoms with Crippen LogP contribution in [0.5, 0.6) is 0 Å². The normalized spacial score (nSPS) is 10.7. The Kier molecular flexibility index (Phi) is 7.46. The number of aromatic amines is 1. The molecule has 2 aromatic heterocycles. The smallest absolute Gasteiger partial charge is 0.330 e. The van der Waals surface area contributed by atoms with E-state index in [1.165, 1.54) is 31.4 Å². The lowest BCUT2D eigenvalue weighted by atomic mass is 10.2. The summed E-state index contributed by atoms with van der Waals surface area (Å²) in [6.07, 6.45) is 1.36. The first-order chi connectivity index (χ1) is 15.8. The molecule has 0 atom stereocenters. The van der Waals surface area contributed by atoms with E-state index < -0.39 is 23.1 Å². The Labute approximate surface area is 189 Å². The summed E-state index contributed by atoms with van der Waals surface area (Å²) in [5, 5.41) is 0. The minimum absolute atomic E-state index is 0.00177. The second-order valence-corrected chi connectivity index (χ2v) is 7.24. The lowest BCUT2D eigenvalue weighted by molar-refractivity contribution is -0.119. The van der Waals surface area contributed by atoms with Crippen molar-refractivity contribution in [2.45, 2.75) is 13.1 Å². The van der Waals surface area contributed by atoms with E-state index in [-0.39, 0.29) is 43.5 Å². The number of nitrogens with zero attached hydrogens (tertiary/aromatic N) is 3. The van der Waals surface area contributed by atoms with Crippen LogP contribution in [0.2, 0.25) is 0 Å². The van der Waals surface area contributed by atoms with Crippen molar-refractivity contribution in [2.75, 3.05) is 37.9 Å². The third-order valence-corrected chi connectivity index (χ3v) is 4.94. The molecule has 11 nitrogen and oxygen atoms in total. The Morgan fingerprint density at radius 1 is 1.15 bits per heavy atom. The zero-order valence-corrected chi connectivity index (χ0v) is 18.3. The third-order valence-electron chi connectivity index (χ3n) is 4.94. The number of rotatable bonds is 9. The van der Waals surface area contributed by atoms with Gasteiger partial charge in [-0.2, -0.15) is 0 Å². The number of benzene rings is 1. The molecule has 0 saturated carbocycles. The number of hydrogen-bond donors (Lipinski definition) is 2. The molecule has 2 amide bonds. The zero-order chi connectivity index (χ0) is 24.0. The van der Waals surface area contributed by atoms with Crippen molar-refractivity contribution in [1.29, 1.82) is 0 Å². The van der Waals surface area contributed by atoms with Gasteiger partial charge in [0, 0.05) is 14.2 Å². The molecule has 3 rings (SSSR count). The van der Waals surface area contributed by atoms with Crippen LogP contribution in [0.15, 0.2) is 62.7 Å². The average molecular weight is 455 g/mol. The number of aromatic nitrogens is 2. The van der Waals surface area contributed by atoms with E-state index in [1.807, 2.05) is 6.07 Å². The largest absolute Gasteiger partial charge is 0.459 e. The Balaban J connectivity index is 2.00. The Morgan fingerprint density at radius 3 is 2.52 bits per heavy atom. The van der Waals surface area contributed by atoms with Gasteiger partial charge in [0.05, 0.1) is 26.0 Å². The monoisotopic (exact) mass is 455 g/mol. The first-order valence-corrected chi connectivity index (χ1v) is 10.1. The third kappa shape index (κ3) is 5.39. The molecule has 11 heteroatoms. The quantitative estimate of drug-likeness (QED) is 0.482. The van der Waals surface area contributed by atoms with Crippen molar-refractivity contribution in [3.8, 4) is 0 Å². The van der Waals surface area contributed by atoms with E-state index in [2.05, 4.69) is 4.98 Å². The summed E-state index contributed by atoms with van der Waals surface area (Å²) in [5.41, 5.74) is 5.20. The molecule has 0 aliphatic rings. The van der Waals surface area contributed by atoms with E-state index in [0.29, 0.717) is 0 Å². The van der Waals surface area contributed by atoms with Crippen LogP contribution in [-0.4, -0.2) is 53.6 Å². The van der Waals surface area contributed by atoms with E-state index in [1.54, 1.807) is 30.3 Å². The van der Waals surface area contributed by atoms with Crippen LogP contribution in [0, 0.1) is 0 Å². The first kappa shape index (κ1) is 23.5. The minimum Gasteiger partial charge on any atom is -0.459 e. The number of carbonyl (C=O) groups is 2. The molecule has 2 heterocycles. The minimum atomic E-state index is -0.810. The fraction of sp³-hybridized carbons (Fsp3) is 0.273. The fourth-order valence-corrected chi connectivity index (χ4v) is 3.25. The highest BCUT2D eigenvalue weighted by Crippen LogP contribution is 2.20. The molecular weight excluding hydrogens is 430 g/mol. The molecule has 33 heavy (non-hydrogen) atoms. The van der Waals surface area contributed by atoms with Crippen molar-refractivity contribution in [3.63, 3.8) is 0 Å². The first-order valence-electron chi connectivity index (χ1n) is 10.1. The topological polar surface area (TPSA) is 144 Å². The number of methoxy groups -OCH3 is 1. The SMILES string of the molecule is COCCn1c(N)c(N(Cc2ccccc2)C(=O)CN(C)C(=O)c2ccco2)c(=O)[nH]c1=O. The van der Waals surface area contributed by atoms with Crippen LogP contribution in [0.3, 0.4) is 0 Å².